The SMILES string of the molecule is N#Cc1c(Br)sc(-c2ncc(Cc3ccccc3)[nH]2)c1-c1ccc(Cl)cc1Cl. The molecule has 4 rings (SSSR count). The maximum Gasteiger partial charge on any atom is 0.148 e. The van der Waals surface area contributed by atoms with Crippen LogP contribution in [0, 0.1) is 11.3 Å². The Kier molecular flexibility index (Phi) is 5.56. The summed E-state index contributed by atoms with van der Waals surface area (Å²) in [6.45, 7) is 0. The molecule has 0 saturated heterocycles. The van der Waals surface area contributed by atoms with Gasteiger partial charge in [-0.05, 0) is 33.6 Å². The van der Waals surface area contributed by atoms with Crippen molar-refractivity contribution in [2.45, 2.75) is 6.42 Å². The number of nitrogens with one attached hydrogen (secondary N) is 1. The van der Waals surface area contributed by atoms with Crippen LogP contribution in [0.25, 0.3) is 21.8 Å². The Bertz CT molecular complexity index is 1190. The van der Waals surface area contributed by atoms with Crippen LogP contribution in [0.2, 0.25) is 10.0 Å². The van der Waals surface area contributed by atoms with Crippen molar-refractivity contribution < 1.29 is 0 Å². The lowest BCUT2D eigenvalue weighted by molar-refractivity contribution is 1.11. The van der Waals surface area contributed by atoms with Gasteiger partial charge in [0.05, 0.1) is 14.2 Å². The summed E-state index contributed by atoms with van der Waals surface area (Å²) < 4.78 is 0.743. The lowest BCUT2D eigenvalue weighted by Crippen LogP contribution is -1.89. The van der Waals surface area contributed by atoms with Gasteiger partial charge in [-0.2, -0.15) is 5.26 Å². The molecule has 0 spiro atoms. The number of halogens is 3. The lowest BCUT2D eigenvalue weighted by Gasteiger charge is -2.06. The van der Waals surface area contributed by atoms with Crippen LogP contribution in [-0.4, -0.2) is 9.97 Å². The van der Waals surface area contributed by atoms with Crippen molar-refractivity contribution in [3.05, 3.63) is 85.4 Å². The number of H-pyrrole nitrogens is 1. The Balaban J connectivity index is 1.80. The Morgan fingerprint density at radius 1 is 1.14 bits per heavy atom. The molecule has 138 valence electrons. The van der Waals surface area contributed by atoms with E-state index in [1.54, 1.807) is 12.1 Å². The molecule has 0 atom stereocenters. The number of hydrogen-bond donors (Lipinski definition) is 1. The third-order valence-electron chi connectivity index (χ3n) is 4.26. The van der Waals surface area contributed by atoms with Gasteiger partial charge in [-0.3, -0.25) is 0 Å². The number of nitriles is 1. The summed E-state index contributed by atoms with van der Waals surface area (Å²) in [5.74, 6) is 0.708. The fraction of sp³-hybridized carbons (Fsp3) is 0.0476. The lowest BCUT2D eigenvalue weighted by atomic mass is 10.0. The van der Waals surface area contributed by atoms with Crippen LogP contribution < -0.4 is 0 Å². The molecule has 28 heavy (non-hydrogen) atoms. The number of thiophene rings is 1. The van der Waals surface area contributed by atoms with Crippen LogP contribution in [0.5, 0.6) is 0 Å². The van der Waals surface area contributed by atoms with Crippen LogP contribution in [0.1, 0.15) is 16.8 Å². The molecule has 2 aromatic carbocycles. The van der Waals surface area contributed by atoms with Crippen molar-refractivity contribution >= 4 is 50.5 Å². The smallest absolute Gasteiger partial charge is 0.148 e. The van der Waals surface area contributed by atoms with E-state index in [-0.39, 0.29) is 0 Å². The van der Waals surface area contributed by atoms with Gasteiger partial charge in [0.2, 0.25) is 0 Å². The zero-order chi connectivity index (χ0) is 19.7. The van der Waals surface area contributed by atoms with E-state index in [4.69, 9.17) is 23.2 Å². The predicted molar refractivity (Wildman–Crippen MR) is 119 cm³/mol. The largest absolute Gasteiger partial charge is 0.341 e. The highest BCUT2D eigenvalue weighted by Crippen LogP contribution is 2.46. The van der Waals surface area contributed by atoms with Gasteiger partial charge in [0, 0.05) is 39.5 Å². The third-order valence-corrected chi connectivity index (χ3v) is 6.67. The Morgan fingerprint density at radius 2 is 1.93 bits per heavy atom. The summed E-state index contributed by atoms with van der Waals surface area (Å²) in [7, 11) is 0. The normalized spacial score (nSPS) is 10.8. The fourth-order valence-electron chi connectivity index (χ4n) is 3.00. The number of aromatic amines is 1. The minimum absolute atomic E-state index is 0.492. The van der Waals surface area contributed by atoms with Crippen molar-refractivity contribution in [1.29, 1.82) is 5.26 Å². The quantitative estimate of drug-likeness (QED) is 0.326. The van der Waals surface area contributed by atoms with E-state index in [0.717, 1.165) is 31.9 Å². The molecule has 0 aliphatic rings. The molecule has 7 heteroatoms. The van der Waals surface area contributed by atoms with Crippen molar-refractivity contribution in [1.82, 2.24) is 9.97 Å². The summed E-state index contributed by atoms with van der Waals surface area (Å²) in [6, 6.07) is 17.7. The first-order valence-corrected chi connectivity index (χ1v) is 10.7. The number of aromatic nitrogens is 2. The molecule has 0 saturated carbocycles. The molecule has 0 bridgehead atoms. The van der Waals surface area contributed by atoms with Crippen LogP contribution in [0.3, 0.4) is 0 Å². The molecule has 2 heterocycles. The summed E-state index contributed by atoms with van der Waals surface area (Å²) in [6.07, 6.45) is 2.58. The topological polar surface area (TPSA) is 52.5 Å². The second kappa shape index (κ2) is 8.10. The summed E-state index contributed by atoms with van der Waals surface area (Å²) in [4.78, 5) is 8.80. The number of hydrogen-bond acceptors (Lipinski definition) is 3. The van der Waals surface area contributed by atoms with Gasteiger partial charge in [-0.15, -0.1) is 11.3 Å². The van der Waals surface area contributed by atoms with Crippen LogP contribution >= 0.6 is 50.5 Å². The van der Waals surface area contributed by atoms with E-state index in [2.05, 4.69) is 44.1 Å². The predicted octanol–water partition coefficient (Wildman–Crippen LogP) is 7.34. The van der Waals surface area contributed by atoms with Gasteiger partial charge < -0.3 is 4.98 Å². The highest BCUT2D eigenvalue weighted by Gasteiger charge is 2.23. The molecule has 0 amide bonds. The minimum Gasteiger partial charge on any atom is -0.341 e. The number of benzene rings is 2. The van der Waals surface area contributed by atoms with Gasteiger partial charge >= 0.3 is 0 Å². The van der Waals surface area contributed by atoms with Gasteiger partial charge in [0.15, 0.2) is 0 Å². The van der Waals surface area contributed by atoms with Crippen molar-refractivity contribution in [3.8, 4) is 27.9 Å². The molecule has 3 nitrogen and oxygen atoms in total. The van der Waals surface area contributed by atoms with Crippen LogP contribution in [0.4, 0.5) is 0 Å². The van der Waals surface area contributed by atoms with Gasteiger partial charge in [-0.1, -0.05) is 59.6 Å². The molecule has 2 aromatic heterocycles. The summed E-state index contributed by atoms with van der Waals surface area (Å²) in [5, 5.41) is 10.7. The van der Waals surface area contributed by atoms with E-state index >= 15 is 0 Å². The van der Waals surface area contributed by atoms with E-state index in [0.29, 0.717) is 21.4 Å². The van der Waals surface area contributed by atoms with Crippen molar-refractivity contribution in [2.24, 2.45) is 0 Å². The van der Waals surface area contributed by atoms with E-state index in [9.17, 15) is 5.26 Å². The Labute approximate surface area is 184 Å². The van der Waals surface area contributed by atoms with Crippen molar-refractivity contribution in [3.63, 3.8) is 0 Å². The molecule has 0 aliphatic heterocycles. The Morgan fingerprint density at radius 3 is 2.64 bits per heavy atom. The first-order valence-electron chi connectivity index (χ1n) is 8.33. The van der Waals surface area contributed by atoms with E-state index in [1.807, 2.05) is 30.5 Å². The first kappa shape index (κ1) is 19.2. The standard InChI is InChI=1S/C21H12BrCl2N3S/c22-20-16(10-25)18(15-7-6-13(23)9-17(15)24)19(28-20)21-26-11-14(27-21)8-12-4-2-1-3-5-12/h1-7,9,11H,8H2,(H,26,27). The molecule has 0 unspecified atom stereocenters. The van der Waals surface area contributed by atoms with Gasteiger partial charge in [0.25, 0.3) is 0 Å². The molecule has 0 aliphatic carbocycles. The Hall–Kier alpha value is -2.10. The molecular formula is C21H12BrCl2N3S. The molecule has 4 aromatic rings. The zero-order valence-electron chi connectivity index (χ0n) is 14.3. The average molecular weight is 489 g/mol. The molecule has 0 radical (unpaired) electrons. The maximum absolute atomic E-state index is 9.69. The summed E-state index contributed by atoms with van der Waals surface area (Å²) in [5.41, 5.74) is 4.23. The van der Waals surface area contributed by atoms with E-state index in [1.165, 1.54) is 16.9 Å². The van der Waals surface area contributed by atoms with E-state index < -0.39 is 0 Å². The number of rotatable bonds is 4. The first-order chi connectivity index (χ1) is 13.6. The second-order valence-corrected chi connectivity index (χ2v) is 9.29. The molecule has 1 N–H and O–H groups in total. The zero-order valence-corrected chi connectivity index (χ0v) is 18.3. The van der Waals surface area contributed by atoms with Gasteiger partial charge in [0.1, 0.15) is 11.9 Å². The monoisotopic (exact) mass is 487 g/mol. The number of imidazole rings is 1. The van der Waals surface area contributed by atoms with Crippen LogP contribution in [0.15, 0.2) is 58.5 Å². The highest BCUT2D eigenvalue weighted by molar-refractivity contribution is 9.11. The average Bonchev–Trinajstić information content (AvgIpc) is 3.26. The highest BCUT2D eigenvalue weighted by atomic mass is 79.9. The summed E-state index contributed by atoms with van der Waals surface area (Å²) >= 11 is 17.4. The fourth-order valence-corrected chi connectivity index (χ4v) is 5.22. The van der Waals surface area contributed by atoms with Crippen molar-refractivity contribution in [2.75, 3.05) is 0 Å². The van der Waals surface area contributed by atoms with Gasteiger partial charge in [-0.25, -0.2) is 4.98 Å². The second-order valence-electron chi connectivity index (χ2n) is 6.11. The molecule has 0 fully saturated rings. The minimum atomic E-state index is 0.492. The maximum atomic E-state index is 9.69. The third kappa shape index (κ3) is 3.74. The number of nitrogens with zero attached hydrogens (tertiary/aromatic N) is 2. The molecular weight excluding hydrogens is 477 g/mol. The van der Waals surface area contributed by atoms with Crippen LogP contribution in [-0.2, 0) is 6.42 Å².